The summed E-state index contributed by atoms with van der Waals surface area (Å²) in [4.78, 5) is 0. The van der Waals surface area contributed by atoms with E-state index in [9.17, 15) is 0 Å². The molecule has 274 valence electrons. The average molecular weight is 751 g/mol. The fourth-order valence-electron chi connectivity index (χ4n) is 10.4. The second kappa shape index (κ2) is 12.2. The van der Waals surface area contributed by atoms with Crippen molar-refractivity contribution in [3.63, 3.8) is 0 Å². The van der Waals surface area contributed by atoms with E-state index in [2.05, 4.69) is 200 Å². The van der Waals surface area contributed by atoms with Crippen LogP contribution >= 0.6 is 0 Å². The van der Waals surface area contributed by atoms with Gasteiger partial charge in [-0.15, -0.1) is 0 Å². The topological polar surface area (TPSA) is 26.3 Å². The van der Waals surface area contributed by atoms with Crippen LogP contribution < -0.4 is 0 Å². The van der Waals surface area contributed by atoms with Crippen LogP contribution in [0.25, 0.3) is 98.8 Å². The van der Waals surface area contributed by atoms with Crippen LogP contribution in [0.1, 0.15) is 22.3 Å². The van der Waals surface area contributed by atoms with Gasteiger partial charge in [0.15, 0.2) is 0 Å². The van der Waals surface area contributed by atoms with Gasteiger partial charge in [0.1, 0.15) is 22.3 Å². The molecule has 10 aromatic carbocycles. The van der Waals surface area contributed by atoms with Crippen molar-refractivity contribution in [1.29, 1.82) is 0 Å². The van der Waals surface area contributed by atoms with Crippen LogP contribution in [0.3, 0.4) is 0 Å². The van der Waals surface area contributed by atoms with Crippen LogP contribution in [-0.4, -0.2) is 0 Å². The molecule has 2 heterocycles. The Bertz CT molecular complexity index is 3620. The number of fused-ring (bicyclic) bond motifs is 12. The Morgan fingerprint density at radius 1 is 0.322 bits per heavy atom. The maximum absolute atomic E-state index is 6.60. The second-order valence-electron chi connectivity index (χ2n) is 15.9. The number of hydrogen-bond acceptors (Lipinski definition) is 2. The largest absolute Gasteiger partial charge is 0.456 e. The first-order valence-corrected chi connectivity index (χ1v) is 20.3. The molecule has 0 bridgehead atoms. The quantitative estimate of drug-likeness (QED) is 0.179. The van der Waals surface area contributed by atoms with Crippen molar-refractivity contribution in [3.8, 4) is 33.4 Å². The summed E-state index contributed by atoms with van der Waals surface area (Å²) in [5.74, 6) is 0. The fraction of sp³-hybridized carbons (Fsp3) is 0.0175. The molecule has 1 aliphatic carbocycles. The molecule has 0 unspecified atom stereocenters. The Hall–Kier alpha value is -7.68. The minimum Gasteiger partial charge on any atom is -0.456 e. The van der Waals surface area contributed by atoms with E-state index in [-0.39, 0.29) is 0 Å². The van der Waals surface area contributed by atoms with Gasteiger partial charge in [0.2, 0.25) is 0 Å². The van der Waals surface area contributed by atoms with Crippen LogP contribution in [0.2, 0.25) is 0 Å². The van der Waals surface area contributed by atoms with Crippen LogP contribution in [0, 0.1) is 0 Å². The highest BCUT2D eigenvalue weighted by atomic mass is 16.3. The molecule has 0 amide bonds. The summed E-state index contributed by atoms with van der Waals surface area (Å²) in [6.45, 7) is 0. The van der Waals surface area contributed by atoms with Crippen molar-refractivity contribution in [3.05, 3.63) is 229 Å². The van der Waals surface area contributed by atoms with Crippen molar-refractivity contribution in [1.82, 2.24) is 0 Å². The number of hydrogen-bond donors (Lipinski definition) is 0. The van der Waals surface area contributed by atoms with E-state index in [1.807, 2.05) is 6.07 Å². The highest BCUT2D eigenvalue weighted by Crippen LogP contribution is 2.61. The number of benzene rings is 10. The van der Waals surface area contributed by atoms with E-state index in [1.54, 1.807) is 0 Å². The Morgan fingerprint density at radius 3 is 1.73 bits per heavy atom. The Labute approximate surface area is 340 Å². The molecule has 12 aromatic rings. The normalized spacial score (nSPS) is 13.2. The number of rotatable bonds is 4. The predicted octanol–water partition coefficient (Wildman–Crippen LogP) is 15.5. The smallest absolute Gasteiger partial charge is 0.136 e. The van der Waals surface area contributed by atoms with Gasteiger partial charge in [-0.3, -0.25) is 0 Å². The molecular formula is C57H34O2. The molecule has 13 rings (SSSR count). The maximum Gasteiger partial charge on any atom is 0.136 e. The highest BCUT2D eigenvalue weighted by Gasteiger charge is 2.48. The van der Waals surface area contributed by atoms with Crippen LogP contribution in [-0.2, 0) is 5.41 Å². The first kappa shape index (κ1) is 32.4. The first-order valence-electron chi connectivity index (χ1n) is 20.3. The molecule has 0 N–H and O–H groups in total. The molecule has 0 saturated carbocycles. The lowest BCUT2D eigenvalue weighted by Gasteiger charge is -2.35. The van der Waals surface area contributed by atoms with Gasteiger partial charge in [0.05, 0.1) is 5.41 Å². The maximum atomic E-state index is 6.60. The van der Waals surface area contributed by atoms with Gasteiger partial charge in [-0.2, -0.15) is 0 Å². The third-order valence-corrected chi connectivity index (χ3v) is 12.9. The first-order chi connectivity index (χ1) is 29.2. The van der Waals surface area contributed by atoms with E-state index >= 15 is 0 Å². The van der Waals surface area contributed by atoms with Gasteiger partial charge >= 0.3 is 0 Å². The molecule has 2 aromatic heterocycles. The zero-order chi connectivity index (χ0) is 38.7. The molecular weight excluding hydrogens is 717 g/mol. The zero-order valence-electron chi connectivity index (χ0n) is 31.9. The molecule has 59 heavy (non-hydrogen) atoms. The van der Waals surface area contributed by atoms with Gasteiger partial charge in [-0.25, -0.2) is 0 Å². The third-order valence-electron chi connectivity index (χ3n) is 12.9. The van der Waals surface area contributed by atoms with Gasteiger partial charge in [-0.05, 0) is 126 Å². The van der Waals surface area contributed by atoms with Crippen molar-refractivity contribution in [2.45, 2.75) is 5.41 Å². The summed E-state index contributed by atoms with van der Waals surface area (Å²) < 4.78 is 13.0. The molecule has 2 nitrogen and oxygen atoms in total. The summed E-state index contributed by atoms with van der Waals surface area (Å²) in [6.07, 6.45) is 0. The highest BCUT2D eigenvalue weighted by molar-refractivity contribution is 6.16. The fourth-order valence-corrected chi connectivity index (χ4v) is 10.4. The molecule has 0 aliphatic heterocycles. The standard InChI is InChI=1S/C57H34O2/c1-3-17-40(18-4-1)57(41-19-5-2-6-20-41)49-33-39(42-23-13-25-52-54(42)48-30-35-14-7-8-15-36(35)34-53(48)59-52)26-28-45(49)55-43-21-10-9-16-37(43)31-46(56(55)57)38-27-29-51-47(32-38)44-22-11-12-24-50(44)58-51/h1-34H. The molecule has 0 radical (unpaired) electrons. The van der Waals surface area contributed by atoms with Crippen molar-refractivity contribution in [2.75, 3.05) is 0 Å². The van der Waals surface area contributed by atoms with E-state index < -0.39 is 5.41 Å². The second-order valence-corrected chi connectivity index (χ2v) is 15.9. The summed E-state index contributed by atoms with van der Waals surface area (Å²) in [5, 5.41) is 9.36. The van der Waals surface area contributed by atoms with Crippen LogP contribution in [0.15, 0.2) is 215 Å². The van der Waals surface area contributed by atoms with Gasteiger partial charge < -0.3 is 8.83 Å². The Balaban J connectivity index is 1.16. The SMILES string of the molecule is c1ccc(C2(c3ccccc3)c3cc(-c4cccc5oc6cc7ccccc7cc6c45)ccc3-c3c2c(-c2ccc4oc5ccccc5c4c2)cc2ccccc32)cc1. The molecule has 0 fully saturated rings. The van der Waals surface area contributed by atoms with E-state index in [0.717, 1.165) is 60.6 Å². The minimum absolute atomic E-state index is 0.654. The summed E-state index contributed by atoms with van der Waals surface area (Å²) in [6, 6.07) is 75.4. The van der Waals surface area contributed by atoms with Crippen LogP contribution in [0.5, 0.6) is 0 Å². The molecule has 2 heteroatoms. The van der Waals surface area contributed by atoms with Crippen LogP contribution in [0.4, 0.5) is 0 Å². The van der Waals surface area contributed by atoms with Gasteiger partial charge in [0, 0.05) is 21.5 Å². The molecule has 0 spiro atoms. The minimum atomic E-state index is -0.654. The van der Waals surface area contributed by atoms with Crippen molar-refractivity contribution >= 4 is 65.4 Å². The summed E-state index contributed by atoms with van der Waals surface area (Å²) in [5.41, 5.74) is 15.2. The van der Waals surface area contributed by atoms with Crippen molar-refractivity contribution < 1.29 is 8.83 Å². The van der Waals surface area contributed by atoms with E-state index in [1.165, 1.54) is 60.5 Å². The predicted molar refractivity (Wildman–Crippen MR) is 244 cm³/mol. The van der Waals surface area contributed by atoms with E-state index in [4.69, 9.17) is 8.83 Å². The Morgan fingerprint density at radius 2 is 0.932 bits per heavy atom. The number of para-hydroxylation sites is 1. The Kier molecular flexibility index (Phi) is 6.68. The summed E-state index contributed by atoms with van der Waals surface area (Å²) >= 11 is 0. The zero-order valence-corrected chi connectivity index (χ0v) is 31.9. The van der Waals surface area contributed by atoms with Crippen molar-refractivity contribution in [2.24, 2.45) is 0 Å². The number of furan rings is 2. The lowest BCUT2D eigenvalue weighted by atomic mass is 9.65. The lowest BCUT2D eigenvalue weighted by molar-refractivity contribution is 0.669. The lowest BCUT2D eigenvalue weighted by Crippen LogP contribution is -2.29. The monoisotopic (exact) mass is 750 g/mol. The molecule has 1 aliphatic rings. The summed E-state index contributed by atoms with van der Waals surface area (Å²) in [7, 11) is 0. The van der Waals surface area contributed by atoms with E-state index in [0.29, 0.717) is 0 Å². The average Bonchev–Trinajstić information content (AvgIpc) is 3.96. The molecule has 0 saturated heterocycles. The van der Waals surface area contributed by atoms with Gasteiger partial charge in [-0.1, -0.05) is 158 Å². The van der Waals surface area contributed by atoms with Gasteiger partial charge in [0.25, 0.3) is 0 Å². The third kappa shape index (κ3) is 4.51. The molecule has 0 atom stereocenters.